The van der Waals surface area contributed by atoms with Crippen molar-refractivity contribution in [2.75, 3.05) is 20.5 Å². The number of fused-ring (bicyclic) bond motifs is 1. The normalized spacial score (nSPS) is 12.7. The van der Waals surface area contributed by atoms with E-state index in [0.29, 0.717) is 28.4 Å². The summed E-state index contributed by atoms with van der Waals surface area (Å²) in [4.78, 5) is 7.41. The molecule has 7 heteroatoms. The quantitative estimate of drug-likeness (QED) is 0.931. The van der Waals surface area contributed by atoms with Gasteiger partial charge in [-0.25, -0.2) is 13.4 Å². The van der Waals surface area contributed by atoms with Crippen molar-refractivity contribution in [1.82, 2.24) is 9.97 Å². The molecular weight excluding hydrogens is 280 g/mol. The van der Waals surface area contributed by atoms with Gasteiger partial charge in [-0.2, -0.15) is 0 Å². The number of imidazole rings is 1. The number of nitrogens with zero attached hydrogens (tertiary/aromatic N) is 1. The number of rotatable bonds is 4. The number of aromatic amines is 1. The third-order valence-electron chi connectivity index (χ3n) is 3.48. The van der Waals surface area contributed by atoms with E-state index in [4.69, 9.17) is 9.47 Å². The maximum absolute atomic E-state index is 11.9. The zero-order valence-corrected chi connectivity index (χ0v) is 13.0. The average Bonchev–Trinajstić information content (AvgIpc) is 2.78. The van der Waals surface area contributed by atoms with Gasteiger partial charge in [-0.1, -0.05) is 0 Å². The Labute approximate surface area is 118 Å². The lowest BCUT2D eigenvalue weighted by molar-refractivity contribution is 0.356. The van der Waals surface area contributed by atoms with E-state index in [9.17, 15) is 8.42 Å². The number of aromatic nitrogens is 2. The van der Waals surface area contributed by atoms with Crippen LogP contribution in [0.5, 0.6) is 11.5 Å². The van der Waals surface area contributed by atoms with E-state index < -0.39 is 14.6 Å². The molecule has 6 nitrogen and oxygen atoms in total. The van der Waals surface area contributed by atoms with Gasteiger partial charge in [-0.3, -0.25) is 0 Å². The molecule has 0 atom stereocenters. The maximum atomic E-state index is 11.9. The standard InChI is InChI=1S/C13H18N2O4S/c1-13(2,20(5,16)17)12-14-8-6-10(18-3)11(19-4)7-9(8)15-12/h6-7H,1-5H3,(H,14,15). The number of ether oxygens (including phenoxy) is 2. The first-order valence-corrected chi connectivity index (χ1v) is 7.91. The molecule has 0 fully saturated rings. The van der Waals surface area contributed by atoms with Crippen LogP contribution in [0.15, 0.2) is 12.1 Å². The summed E-state index contributed by atoms with van der Waals surface area (Å²) >= 11 is 0. The topological polar surface area (TPSA) is 81.3 Å². The largest absolute Gasteiger partial charge is 0.493 e. The van der Waals surface area contributed by atoms with Crippen molar-refractivity contribution < 1.29 is 17.9 Å². The highest BCUT2D eigenvalue weighted by Gasteiger charge is 2.35. The van der Waals surface area contributed by atoms with Crippen LogP contribution in [0.2, 0.25) is 0 Å². The minimum Gasteiger partial charge on any atom is -0.493 e. The summed E-state index contributed by atoms with van der Waals surface area (Å²) in [6.07, 6.45) is 1.20. The van der Waals surface area contributed by atoms with Crippen LogP contribution in [0.1, 0.15) is 19.7 Å². The van der Waals surface area contributed by atoms with Gasteiger partial charge in [0.15, 0.2) is 21.3 Å². The van der Waals surface area contributed by atoms with Gasteiger partial charge in [0.1, 0.15) is 10.6 Å². The van der Waals surface area contributed by atoms with Crippen LogP contribution < -0.4 is 9.47 Å². The van der Waals surface area contributed by atoms with E-state index in [1.807, 2.05) is 0 Å². The molecule has 1 aromatic carbocycles. The van der Waals surface area contributed by atoms with Crippen molar-refractivity contribution in [2.24, 2.45) is 0 Å². The summed E-state index contributed by atoms with van der Waals surface area (Å²) in [5, 5.41) is 0. The van der Waals surface area contributed by atoms with Gasteiger partial charge in [-0.15, -0.1) is 0 Å². The Morgan fingerprint density at radius 2 is 1.70 bits per heavy atom. The van der Waals surface area contributed by atoms with Crippen molar-refractivity contribution in [3.05, 3.63) is 18.0 Å². The molecule has 0 bridgehead atoms. The summed E-state index contributed by atoms with van der Waals surface area (Å²) in [7, 11) is -0.208. The van der Waals surface area contributed by atoms with Crippen LogP contribution in [0, 0.1) is 0 Å². The maximum Gasteiger partial charge on any atom is 0.163 e. The molecule has 0 aliphatic carbocycles. The van der Waals surface area contributed by atoms with Crippen molar-refractivity contribution >= 4 is 20.9 Å². The number of benzene rings is 1. The van der Waals surface area contributed by atoms with Crippen LogP contribution in [0.3, 0.4) is 0 Å². The molecule has 2 aromatic rings. The molecule has 0 saturated carbocycles. The second kappa shape index (κ2) is 4.66. The van der Waals surface area contributed by atoms with Crippen LogP contribution >= 0.6 is 0 Å². The van der Waals surface area contributed by atoms with Crippen LogP contribution in [0.25, 0.3) is 11.0 Å². The first-order chi connectivity index (χ1) is 9.20. The van der Waals surface area contributed by atoms with Crippen LogP contribution in [0.4, 0.5) is 0 Å². The predicted octanol–water partition coefficient (Wildman–Crippen LogP) is 1.86. The molecule has 0 unspecified atom stereocenters. The molecule has 1 aromatic heterocycles. The van der Waals surface area contributed by atoms with Crippen molar-refractivity contribution in [2.45, 2.75) is 18.6 Å². The number of hydrogen-bond acceptors (Lipinski definition) is 5. The molecular formula is C13H18N2O4S. The molecule has 0 radical (unpaired) electrons. The Morgan fingerprint density at radius 3 is 2.20 bits per heavy atom. The zero-order valence-electron chi connectivity index (χ0n) is 12.1. The molecule has 20 heavy (non-hydrogen) atoms. The molecule has 0 amide bonds. The smallest absolute Gasteiger partial charge is 0.163 e. The van der Waals surface area contributed by atoms with Gasteiger partial charge in [0.2, 0.25) is 0 Å². The summed E-state index contributed by atoms with van der Waals surface area (Å²) in [5.41, 5.74) is 1.34. The van der Waals surface area contributed by atoms with Crippen molar-refractivity contribution in [3.63, 3.8) is 0 Å². The molecule has 1 N–H and O–H groups in total. The molecule has 0 spiro atoms. The summed E-state index contributed by atoms with van der Waals surface area (Å²) < 4.78 is 33.1. The molecule has 110 valence electrons. The van der Waals surface area contributed by atoms with Gasteiger partial charge in [0.05, 0.1) is 25.3 Å². The fourth-order valence-electron chi connectivity index (χ4n) is 1.80. The highest BCUT2D eigenvalue weighted by Crippen LogP contribution is 2.34. The van der Waals surface area contributed by atoms with E-state index in [1.54, 1.807) is 33.1 Å². The molecule has 0 aliphatic heterocycles. The minimum atomic E-state index is -3.29. The van der Waals surface area contributed by atoms with E-state index in [1.165, 1.54) is 13.4 Å². The van der Waals surface area contributed by atoms with Gasteiger partial charge in [0, 0.05) is 18.4 Å². The number of methoxy groups -OCH3 is 2. The van der Waals surface area contributed by atoms with Crippen LogP contribution in [-0.2, 0) is 14.6 Å². The van der Waals surface area contributed by atoms with Gasteiger partial charge in [-0.05, 0) is 13.8 Å². The number of sulfone groups is 1. The fraction of sp³-hybridized carbons (Fsp3) is 0.462. The number of hydrogen-bond donors (Lipinski definition) is 1. The zero-order chi connectivity index (χ0) is 15.1. The Bertz CT molecular complexity index is 706. The second-order valence-corrected chi connectivity index (χ2v) is 7.66. The summed E-state index contributed by atoms with van der Waals surface area (Å²) in [5.74, 6) is 1.51. The average molecular weight is 298 g/mol. The summed E-state index contributed by atoms with van der Waals surface area (Å²) in [6, 6.07) is 3.45. The number of H-pyrrole nitrogens is 1. The molecule has 0 saturated heterocycles. The number of nitrogens with one attached hydrogen (secondary N) is 1. The first-order valence-electron chi connectivity index (χ1n) is 6.02. The fourth-order valence-corrected chi connectivity index (χ4v) is 2.25. The SMILES string of the molecule is COc1cc2nc(C(C)(C)S(C)(=O)=O)[nH]c2cc1OC. The molecule has 2 rings (SSSR count). The minimum absolute atomic E-state index is 0.394. The Hall–Kier alpha value is -1.76. The highest BCUT2D eigenvalue weighted by molar-refractivity contribution is 7.91. The van der Waals surface area contributed by atoms with Crippen molar-refractivity contribution in [1.29, 1.82) is 0 Å². The first kappa shape index (κ1) is 14.6. The monoisotopic (exact) mass is 298 g/mol. The van der Waals surface area contributed by atoms with E-state index in [2.05, 4.69) is 9.97 Å². The molecule has 0 aliphatic rings. The second-order valence-electron chi connectivity index (χ2n) is 5.09. The lowest BCUT2D eigenvalue weighted by Gasteiger charge is -2.19. The lowest BCUT2D eigenvalue weighted by Crippen LogP contribution is -2.29. The van der Waals surface area contributed by atoms with Gasteiger partial charge >= 0.3 is 0 Å². The van der Waals surface area contributed by atoms with Crippen LogP contribution in [-0.4, -0.2) is 38.9 Å². The van der Waals surface area contributed by atoms with Crippen molar-refractivity contribution in [3.8, 4) is 11.5 Å². The Balaban J connectivity index is 2.66. The third-order valence-corrected chi connectivity index (χ3v) is 5.53. The highest BCUT2D eigenvalue weighted by atomic mass is 32.2. The molecule has 1 heterocycles. The van der Waals surface area contributed by atoms with Gasteiger partial charge < -0.3 is 14.5 Å². The van der Waals surface area contributed by atoms with E-state index in [0.717, 1.165) is 0 Å². The van der Waals surface area contributed by atoms with E-state index in [-0.39, 0.29) is 0 Å². The van der Waals surface area contributed by atoms with Gasteiger partial charge in [0.25, 0.3) is 0 Å². The predicted molar refractivity (Wildman–Crippen MR) is 77.1 cm³/mol. The Kier molecular flexibility index (Phi) is 3.41. The third kappa shape index (κ3) is 2.22. The lowest BCUT2D eigenvalue weighted by atomic mass is 10.2. The Morgan fingerprint density at radius 1 is 1.15 bits per heavy atom. The van der Waals surface area contributed by atoms with E-state index >= 15 is 0 Å². The summed E-state index contributed by atoms with van der Waals surface area (Å²) in [6.45, 7) is 3.24.